The van der Waals surface area contributed by atoms with Gasteiger partial charge in [-0.1, -0.05) is 18.2 Å². The van der Waals surface area contributed by atoms with Crippen LogP contribution < -0.4 is 0 Å². The molecule has 26 heavy (non-hydrogen) atoms. The van der Waals surface area contributed by atoms with E-state index in [1.165, 1.54) is 0 Å². The molecule has 0 N–H and O–H groups in total. The predicted octanol–water partition coefficient (Wildman–Crippen LogP) is 3.09. The lowest BCUT2D eigenvalue weighted by Gasteiger charge is -2.34. The van der Waals surface area contributed by atoms with Gasteiger partial charge in [0.1, 0.15) is 5.58 Å². The van der Waals surface area contributed by atoms with E-state index in [0.29, 0.717) is 18.8 Å². The van der Waals surface area contributed by atoms with Gasteiger partial charge in [-0.05, 0) is 46.1 Å². The van der Waals surface area contributed by atoms with Gasteiger partial charge in [0.25, 0.3) is 5.91 Å². The van der Waals surface area contributed by atoms with Crippen LogP contribution in [-0.2, 0) is 6.54 Å². The molecule has 6 heteroatoms. The summed E-state index contributed by atoms with van der Waals surface area (Å²) in [4.78, 5) is 17.2. The highest BCUT2D eigenvalue weighted by molar-refractivity contribution is 5.98. The maximum atomic E-state index is 13.2. The molecule has 0 radical (unpaired) electrons. The standard InChI is InChI=1S/C20H24N4O2/c1-14-17-6-4-5-7-18(17)26-19(14)20(25)23-12-15-8-10-21-24(15)16(13-23)9-11-22(2)3/h4-8,10,16H,9,11-13H2,1-3H3. The third-order valence-electron chi connectivity index (χ3n) is 5.12. The van der Waals surface area contributed by atoms with Crippen molar-refractivity contribution in [2.24, 2.45) is 0 Å². The minimum absolute atomic E-state index is 0.0407. The second-order valence-corrected chi connectivity index (χ2v) is 7.25. The molecule has 1 aliphatic rings. The van der Waals surface area contributed by atoms with Crippen molar-refractivity contribution in [3.63, 3.8) is 0 Å². The first kappa shape index (κ1) is 16.8. The molecule has 1 amide bonds. The molecule has 0 aliphatic carbocycles. The summed E-state index contributed by atoms with van der Waals surface area (Å²) in [6.07, 6.45) is 2.77. The van der Waals surface area contributed by atoms with Crippen molar-refractivity contribution in [2.75, 3.05) is 27.2 Å². The number of amides is 1. The molecule has 2 aromatic heterocycles. The fraction of sp³-hybridized carbons (Fsp3) is 0.400. The Kier molecular flexibility index (Phi) is 4.28. The van der Waals surface area contributed by atoms with Crippen molar-refractivity contribution in [2.45, 2.75) is 25.9 Å². The van der Waals surface area contributed by atoms with E-state index < -0.39 is 0 Å². The summed E-state index contributed by atoms with van der Waals surface area (Å²) in [6, 6.07) is 9.98. The SMILES string of the molecule is Cc1c(C(=O)N2Cc3ccnn3C(CCN(C)C)C2)oc2ccccc12. The Morgan fingerprint density at radius 1 is 1.31 bits per heavy atom. The molecule has 1 aliphatic heterocycles. The summed E-state index contributed by atoms with van der Waals surface area (Å²) >= 11 is 0. The molecule has 1 atom stereocenters. The Bertz CT molecular complexity index is 940. The van der Waals surface area contributed by atoms with E-state index >= 15 is 0 Å². The highest BCUT2D eigenvalue weighted by atomic mass is 16.3. The molecule has 3 heterocycles. The summed E-state index contributed by atoms with van der Waals surface area (Å²) in [5, 5.41) is 5.47. The highest BCUT2D eigenvalue weighted by Crippen LogP contribution is 2.29. The zero-order chi connectivity index (χ0) is 18.3. The van der Waals surface area contributed by atoms with E-state index in [2.05, 4.69) is 28.8 Å². The molecule has 0 saturated carbocycles. The number of nitrogens with zero attached hydrogens (tertiary/aromatic N) is 4. The summed E-state index contributed by atoms with van der Waals surface area (Å²) in [5.41, 5.74) is 2.75. The first-order valence-electron chi connectivity index (χ1n) is 8.99. The van der Waals surface area contributed by atoms with Crippen molar-refractivity contribution in [3.8, 4) is 0 Å². The number of hydrogen-bond donors (Lipinski definition) is 0. The largest absolute Gasteiger partial charge is 0.451 e. The molecule has 4 rings (SSSR count). The summed E-state index contributed by atoms with van der Waals surface area (Å²) < 4.78 is 7.96. The van der Waals surface area contributed by atoms with Crippen molar-refractivity contribution in [1.82, 2.24) is 19.6 Å². The zero-order valence-electron chi connectivity index (χ0n) is 15.5. The van der Waals surface area contributed by atoms with Crippen LogP contribution in [0.2, 0.25) is 0 Å². The Hall–Kier alpha value is -2.60. The maximum Gasteiger partial charge on any atom is 0.290 e. The Balaban J connectivity index is 1.62. The van der Waals surface area contributed by atoms with Gasteiger partial charge in [0.05, 0.1) is 18.3 Å². The monoisotopic (exact) mass is 352 g/mol. The van der Waals surface area contributed by atoms with E-state index in [9.17, 15) is 4.79 Å². The van der Waals surface area contributed by atoms with Gasteiger partial charge in [-0.3, -0.25) is 9.48 Å². The number of para-hydroxylation sites is 1. The summed E-state index contributed by atoms with van der Waals surface area (Å²) in [6.45, 7) is 4.12. The Morgan fingerprint density at radius 2 is 2.12 bits per heavy atom. The Morgan fingerprint density at radius 3 is 2.88 bits per heavy atom. The lowest BCUT2D eigenvalue weighted by atomic mass is 10.1. The van der Waals surface area contributed by atoms with Gasteiger partial charge >= 0.3 is 0 Å². The van der Waals surface area contributed by atoms with Crippen LogP contribution in [0.15, 0.2) is 40.9 Å². The van der Waals surface area contributed by atoms with Crippen LogP contribution in [0.4, 0.5) is 0 Å². The van der Waals surface area contributed by atoms with E-state index in [4.69, 9.17) is 4.42 Å². The molecule has 0 saturated heterocycles. The Labute approximate surface area is 153 Å². The molecular weight excluding hydrogens is 328 g/mol. The number of furan rings is 1. The molecule has 1 aromatic carbocycles. The number of benzene rings is 1. The van der Waals surface area contributed by atoms with Crippen LogP contribution in [0.3, 0.4) is 0 Å². The van der Waals surface area contributed by atoms with Gasteiger partial charge < -0.3 is 14.2 Å². The fourth-order valence-corrected chi connectivity index (χ4v) is 3.68. The third kappa shape index (κ3) is 2.90. The number of rotatable bonds is 4. The lowest BCUT2D eigenvalue weighted by molar-refractivity contribution is 0.0629. The summed E-state index contributed by atoms with van der Waals surface area (Å²) in [5.74, 6) is 0.409. The van der Waals surface area contributed by atoms with Crippen molar-refractivity contribution in [1.29, 1.82) is 0 Å². The van der Waals surface area contributed by atoms with Crippen LogP contribution in [0.25, 0.3) is 11.0 Å². The first-order valence-corrected chi connectivity index (χ1v) is 8.99. The van der Waals surface area contributed by atoms with E-state index in [1.807, 2.05) is 48.4 Å². The van der Waals surface area contributed by atoms with Crippen molar-refractivity contribution >= 4 is 16.9 Å². The van der Waals surface area contributed by atoms with Crippen LogP contribution in [0, 0.1) is 6.92 Å². The smallest absolute Gasteiger partial charge is 0.290 e. The average Bonchev–Trinajstić information content (AvgIpc) is 3.24. The summed E-state index contributed by atoms with van der Waals surface area (Å²) in [7, 11) is 4.13. The predicted molar refractivity (Wildman–Crippen MR) is 100 cm³/mol. The molecule has 6 nitrogen and oxygen atoms in total. The molecule has 0 bridgehead atoms. The number of aryl methyl sites for hydroxylation is 1. The molecule has 136 valence electrons. The van der Waals surface area contributed by atoms with E-state index in [0.717, 1.165) is 35.2 Å². The lowest BCUT2D eigenvalue weighted by Crippen LogP contribution is -2.42. The van der Waals surface area contributed by atoms with Gasteiger partial charge in [0.2, 0.25) is 0 Å². The van der Waals surface area contributed by atoms with Crippen molar-refractivity contribution in [3.05, 3.63) is 53.5 Å². The fourth-order valence-electron chi connectivity index (χ4n) is 3.68. The normalized spacial score (nSPS) is 17.1. The van der Waals surface area contributed by atoms with Crippen LogP contribution in [0.1, 0.15) is 34.3 Å². The van der Waals surface area contributed by atoms with E-state index in [1.54, 1.807) is 0 Å². The highest BCUT2D eigenvalue weighted by Gasteiger charge is 2.31. The van der Waals surface area contributed by atoms with Gasteiger partial charge in [0.15, 0.2) is 5.76 Å². The van der Waals surface area contributed by atoms with Crippen LogP contribution in [-0.4, -0.2) is 52.7 Å². The molecule has 1 unspecified atom stereocenters. The zero-order valence-corrected chi connectivity index (χ0v) is 15.5. The molecule has 0 spiro atoms. The second kappa shape index (κ2) is 6.61. The maximum absolute atomic E-state index is 13.2. The van der Waals surface area contributed by atoms with Gasteiger partial charge in [-0.15, -0.1) is 0 Å². The van der Waals surface area contributed by atoms with Crippen molar-refractivity contribution < 1.29 is 9.21 Å². The first-order chi connectivity index (χ1) is 12.5. The number of fused-ring (bicyclic) bond motifs is 2. The van der Waals surface area contributed by atoms with Gasteiger partial charge in [-0.25, -0.2) is 0 Å². The van der Waals surface area contributed by atoms with Crippen LogP contribution >= 0.6 is 0 Å². The average molecular weight is 352 g/mol. The molecule has 3 aromatic rings. The number of carbonyl (C=O) groups excluding carboxylic acids is 1. The number of carbonyl (C=O) groups is 1. The minimum Gasteiger partial charge on any atom is -0.451 e. The number of aromatic nitrogens is 2. The van der Waals surface area contributed by atoms with E-state index in [-0.39, 0.29) is 11.9 Å². The quantitative estimate of drug-likeness (QED) is 0.724. The van der Waals surface area contributed by atoms with Gasteiger partial charge in [0, 0.05) is 23.7 Å². The second-order valence-electron chi connectivity index (χ2n) is 7.25. The number of hydrogen-bond acceptors (Lipinski definition) is 4. The van der Waals surface area contributed by atoms with Crippen LogP contribution in [0.5, 0.6) is 0 Å². The molecule has 0 fully saturated rings. The van der Waals surface area contributed by atoms with Gasteiger partial charge in [-0.2, -0.15) is 5.10 Å². The topological polar surface area (TPSA) is 54.5 Å². The minimum atomic E-state index is -0.0407. The molecular formula is C20H24N4O2. The third-order valence-corrected chi connectivity index (χ3v) is 5.12.